The van der Waals surface area contributed by atoms with Crippen molar-refractivity contribution in [3.05, 3.63) is 59.7 Å². The number of halogens is 12. The van der Waals surface area contributed by atoms with E-state index in [0.717, 1.165) is 24.3 Å². The van der Waals surface area contributed by atoms with Crippen molar-refractivity contribution in [2.45, 2.75) is 66.5 Å². The quantitative estimate of drug-likeness (QED) is 0.246. The Morgan fingerprint density at radius 3 is 1.47 bits per heavy atom. The van der Waals surface area contributed by atoms with Gasteiger partial charge in [-0.25, -0.2) is 0 Å². The average molecular weight is 677 g/mol. The predicted octanol–water partition coefficient (Wildman–Crippen LogP) is 6.74. The van der Waals surface area contributed by atoms with E-state index in [9.17, 15) is 52.7 Å². The minimum atomic E-state index is -7.58. The summed E-state index contributed by atoms with van der Waals surface area (Å²) in [4.78, 5) is 0. The first-order valence-corrected chi connectivity index (χ1v) is 17.2. The molecule has 2 aromatic rings. The number of hydrogen-bond acceptors (Lipinski definition) is 2. The van der Waals surface area contributed by atoms with Crippen LogP contribution >= 0.6 is 0 Å². The van der Waals surface area contributed by atoms with Crippen molar-refractivity contribution < 1.29 is 58.7 Å². The van der Waals surface area contributed by atoms with Crippen LogP contribution in [0.3, 0.4) is 0 Å². The van der Waals surface area contributed by atoms with Gasteiger partial charge in [0, 0.05) is 0 Å². The molecule has 2 aliphatic heterocycles. The summed E-state index contributed by atoms with van der Waals surface area (Å²) in [5, 5.41) is 0. The monoisotopic (exact) mass is 676 g/mol. The van der Waals surface area contributed by atoms with E-state index in [-0.39, 0.29) is 0 Å². The zero-order chi connectivity index (χ0) is 29.0. The van der Waals surface area contributed by atoms with Gasteiger partial charge in [0.25, 0.3) is 0 Å². The maximum absolute atomic E-state index is 14.3. The second-order valence-corrected chi connectivity index (χ2v) is 21.5. The summed E-state index contributed by atoms with van der Waals surface area (Å²) < 4.78 is 175. The van der Waals surface area contributed by atoms with Crippen LogP contribution in [0.2, 0.25) is 4.37 Å². The molecule has 38 heavy (non-hydrogen) atoms. The number of rotatable bonds is 1. The van der Waals surface area contributed by atoms with Crippen LogP contribution in [0, 0.1) is 0 Å². The standard InChI is InChI=1S/C10H13.C9H4F6O.C4H2F6O.Sb/c1-10(2,3)9-7-5-4-6-8-9;10-8(11,12)7(16,9(13,14)15)6-4-2-1-3-5-6;1-2(11,3(5,6)7)4(8,9)10;/h5-8H,1-3H3;1-4H;1H2;/q;2*-1;+2. The van der Waals surface area contributed by atoms with Crippen LogP contribution in [0.4, 0.5) is 52.7 Å². The van der Waals surface area contributed by atoms with E-state index in [1.165, 1.54) is 12.1 Å². The number of benzene rings is 2. The van der Waals surface area contributed by atoms with Gasteiger partial charge in [0.05, 0.1) is 0 Å². The fraction of sp³-hybridized carbons (Fsp3) is 0.478. The molecule has 4 rings (SSSR count). The van der Waals surface area contributed by atoms with E-state index < -0.39 is 76.5 Å². The predicted molar refractivity (Wildman–Crippen MR) is 112 cm³/mol. The molecule has 2 nitrogen and oxygen atoms in total. The van der Waals surface area contributed by atoms with Crippen LogP contribution < -0.4 is 7.02 Å². The molecular formula is C23H19F12O2Sb. The summed E-state index contributed by atoms with van der Waals surface area (Å²) >= 11 is -7.58. The SMILES string of the molecule is CC(C)(C)c1cc[c]([Sb]23([CH2]C(C(F)(F)F)(C(F)(F)F)[O]2)[O]C(C(F)(F)F)(C(F)(F)F)c2cccc[c]23)cc1. The Hall–Kier alpha value is -1.66. The molecule has 0 unspecified atom stereocenters. The summed E-state index contributed by atoms with van der Waals surface area (Å²) in [6.45, 7) is 5.07. The molecule has 1 saturated heterocycles. The Labute approximate surface area is 210 Å². The van der Waals surface area contributed by atoms with Crippen LogP contribution in [-0.4, -0.2) is 48.5 Å². The molecule has 1 spiro atoms. The molecule has 0 radical (unpaired) electrons. The van der Waals surface area contributed by atoms with Gasteiger partial charge < -0.3 is 0 Å². The van der Waals surface area contributed by atoms with E-state index in [4.69, 9.17) is 6.03 Å². The minimum absolute atomic E-state index is 0.343. The van der Waals surface area contributed by atoms with Crippen molar-refractivity contribution in [2.75, 3.05) is 0 Å². The van der Waals surface area contributed by atoms with Crippen molar-refractivity contribution in [3.8, 4) is 0 Å². The second-order valence-electron chi connectivity index (χ2n) is 10.3. The zero-order valence-electron chi connectivity index (χ0n) is 19.6. The van der Waals surface area contributed by atoms with Gasteiger partial charge in [0.2, 0.25) is 0 Å². The number of hydrogen-bond donors (Lipinski definition) is 0. The second kappa shape index (κ2) is 7.75. The zero-order valence-corrected chi connectivity index (χ0v) is 22.2. The molecule has 2 aliphatic rings. The molecule has 1 fully saturated rings. The van der Waals surface area contributed by atoms with Crippen LogP contribution in [-0.2, 0) is 17.0 Å². The van der Waals surface area contributed by atoms with E-state index in [1.54, 1.807) is 20.8 Å². The fourth-order valence-corrected chi connectivity index (χ4v) is 21.9. The number of fused-ring (bicyclic) bond motifs is 2. The maximum atomic E-state index is 14.3. The Morgan fingerprint density at radius 1 is 0.632 bits per heavy atom. The molecular weight excluding hydrogens is 658 g/mol. The summed E-state index contributed by atoms with van der Waals surface area (Å²) in [5.41, 5.74) is -12.1. The fourth-order valence-electron chi connectivity index (χ4n) is 5.08. The van der Waals surface area contributed by atoms with E-state index in [2.05, 4.69) is 0 Å². The molecule has 212 valence electrons. The third kappa shape index (κ3) is 3.51. The first-order chi connectivity index (χ1) is 16.9. The molecule has 0 bridgehead atoms. The molecule has 0 amide bonds. The third-order valence-electron chi connectivity index (χ3n) is 6.93. The van der Waals surface area contributed by atoms with Crippen LogP contribution in [0.25, 0.3) is 0 Å². The van der Waals surface area contributed by atoms with Crippen LogP contribution in [0.5, 0.6) is 0 Å². The van der Waals surface area contributed by atoms with Crippen LogP contribution in [0.15, 0.2) is 48.5 Å². The van der Waals surface area contributed by atoms with Gasteiger partial charge in [-0.15, -0.1) is 0 Å². The Bertz CT molecular complexity index is 1210. The Morgan fingerprint density at radius 2 is 1.08 bits per heavy atom. The van der Waals surface area contributed by atoms with E-state index in [0.29, 0.717) is 17.7 Å². The molecule has 0 atom stereocenters. The number of alkyl halides is 12. The summed E-state index contributed by atoms with van der Waals surface area (Å²) in [5.74, 6) is 0. The molecule has 0 aliphatic carbocycles. The van der Waals surface area contributed by atoms with E-state index in [1.807, 2.05) is 0 Å². The molecule has 0 saturated carbocycles. The first kappa shape index (κ1) is 29.3. The molecule has 0 aromatic heterocycles. The normalized spacial score (nSPS) is 23.3. The Kier molecular flexibility index (Phi) is 5.98. The first-order valence-electron chi connectivity index (χ1n) is 10.8. The molecule has 15 heteroatoms. The van der Waals surface area contributed by atoms with Crippen molar-refractivity contribution in [1.29, 1.82) is 0 Å². The van der Waals surface area contributed by atoms with Crippen molar-refractivity contribution in [1.82, 2.24) is 0 Å². The molecule has 2 heterocycles. The average Bonchev–Trinajstić information content (AvgIpc) is 3.01. The van der Waals surface area contributed by atoms with Crippen molar-refractivity contribution >= 4 is 25.3 Å². The van der Waals surface area contributed by atoms with Gasteiger partial charge in [-0.05, 0) is 0 Å². The van der Waals surface area contributed by atoms with Gasteiger partial charge in [0.15, 0.2) is 0 Å². The van der Waals surface area contributed by atoms with Crippen molar-refractivity contribution in [3.63, 3.8) is 0 Å². The third-order valence-corrected chi connectivity index (χ3v) is 21.4. The Balaban J connectivity index is 2.14. The van der Waals surface area contributed by atoms with Gasteiger partial charge in [-0.2, -0.15) is 0 Å². The summed E-state index contributed by atoms with van der Waals surface area (Å²) in [6.07, 6.45) is -25.1. The summed E-state index contributed by atoms with van der Waals surface area (Å²) in [6, 6.07) is 6.86. The molecule has 0 N–H and O–H groups in total. The van der Waals surface area contributed by atoms with Crippen molar-refractivity contribution in [2.24, 2.45) is 0 Å². The van der Waals surface area contributed by atoms with Gasteiger partial charge in [-0.1, -0.05) is 0 Å². The van der Waals surface area contributed by atoms with E-state index >= 15 is 0 Å². The molecule has 2 aromatic carbocycles. The van der Waals surface area contributed by atoms with Gasteiger partial charge in [-0.3, -0.25) is 0 Å². The topological polar surface area (TPSA) is 18.5 Å². The summed E-state index contributed by atoms with van der Waals surface area (Å²) in [7, 11) is 0. The van der Waals surface area contributed by atoms with Gasteiger partial charge in [0.1, 0.15) is 0 Å². The van der Waals surface area contributed by atoms with Crippen LogP contribution in [0.1, 0.15) is 31.9 Å². The van der Waals surface area contributed by atoms with Gasteiger partial charge >= 0.3 is 210 Å².